The van der Waals surface area contributed by atoms with Gasteiger partial charge >= 0.3 is 5.97 Å². The van der Waals surface area contributed by atoms with Crippen LogP contribution in [0.4, 0.5) is 5.69 Å². The molecule has 6 heteroatoms. The van der Waals surface area contributed by atoms with Crippen molar-refractivity contribution in [2.45, 2.75) is 45.1 Å². The molecule has 2 aliphatic rings. The first-order chi connectivity index (χ1) is 12.0. The Bertz CT molecular complexity index is 667. The highest BCUT2D eigenvalue weighted by atomic mass is 16.4. The lowest BCUT2D eigenvalue weighted by molar-refractivity contribution is -0.140. The number of carboxylic acid groups (broad SMARTS) is 1. The molecule has 0 saturated heterocycles. The maximum absolute atomic E-state index is 12.3. The second-order valence-electron chi connectivity index (χ2n) is 7.03. The van der Waals surface area contributed by atoms with Crippen molar-refractivity contribution >= 4 is 23.5 Å². The quantitative estimate of drug-likeness (QED) is 0.739. The van der Waals surface area contributed by atoms with Gasteiger partial charge in [-0.1, -0.05) is 31.4 Å². The van der Waals surface area contributed by atoms with Crippen molar-refractivity contribution in [3.63, 3.8) is 0 Å². The van der Waals surface area contributed by atoms with Crippen molar-refractivity contribution in [1.29, 1.82) is 0 Å². The number of amides is 2. The van der Waals surface area contributed by atoms with Crippen LogP contribution in [0.2, 0.25) is 0 Å². The molecule has 0 aliphatic heterocycles. The van der Waals surface area contributed by atoms with Gasteiger partial charge in [-0.05, 0) is 37.0 Å². The molecule has 0 unspecified atom stereocenters. The normalized spacial score (nSPS) is 22.9. The number of carbonyl (C=O) groups is 3. The number of hydrogen-bond acceptors (Lipinski definition) is 3. The zero-order chi connectivity index (χ0) is 17.8. The Balaban J connectivity index is 1.50. The van der Waals surface area contributed by atoms with Crippen LogP contribution in [0.25, 0.3) is 0 Å². The average molecular weight is 344 g/mol. The van der Waals surface area contributed by atoms with E-state index >= 15 is 0 Å². The van der Waals surface area contributed by atoms with E-state index in [2.05, 4.69) is 10.6 Å². The van der Waals surface area contributed by atoms with Crippen molar-refractivity contribution in [3.05, 3.63) is 29.8 Å². The fourth-order valence-electron chi connectivity index (χ4n) is 3.45. The summed E-state index contributed by atoms with van der Waals surface area (Å²) >= 11 is 0. The van der Waals surface area contributed by atoms with Gasteiger partial charge in [0.25, 0.3) is 0 Å². The first-order valence-corrected chi connectivity index (χ1v) is 8.95. The van der Waals surface area contributed by atoms with Crippen LogP contribution in [-0.2, 0) is 20.9 Å². The number of benzene rings is 1. The van der Waals surface area contributed by atoms with Crippen molar-refractivity contribution in [1.82, 2.24) is 5.32 Å². The Morgan fingerprint density at radius 3 is 2.48 bits per heavy atom. The van der Waals surface area contributed by atoms with E-state index in [9.17, 15) is 14.4 Å². The maximum Gasteiger partial charge on any atom is 0.307 e. The van der Waals surface area contributed by atoms with Gasteiger partial charge in [-0.15, -0.1) is 0 Å². The Labute approximate surface area is 147 Å². The van der Waals surface area contributed by atoms with Crippen LogP contribution in [0.5, 0.6) is 0 Å². The number of aliphatic carboxylic acids is 1. The van der Waals surface area contributed by atoms with E-state index in [0.29, 0.717) is 13.0 Å². The first kappa shape index (κ1) is 17.5. The zero-order valence-electron chi connectivity index (χ0n) is 14.2. The average Bonchev–Trinajstić information content (AvgIpc) is 3.42. The monoisotopic (exact) mass is 344 g/mol. The van der Waals surface area contributed by atoms with Crippen molar-refractivity contribution < 1.29 is 19.5 Å². The van der Waals surface area contributed by atoms with E-state index in [0.717, 1.165) is 36.9 Å². The predicted octanol–water partition coefficient (Wildman–Crippen LogP) is 2.54. The van der Waals surface area contributed by atoms with Gasteiger partial charge in [0.1, 0.15) is 0 Å². The molecule has 3 N–H and O–H groups in total. The maximum atomic E-state index is 12.3. The van der Waals surface area contributed by atoms with E-state index in [-0.39, 0.29) is 17.7 Å². The molecule has 2 fully saturated rings. The van der Waals surface area contributed by atoms with Crippen LogP contribution >= 0.6 is 0 Å². The van der Waals surface area contributed by atoms with Crippen LogP contribution in [0.1, 0.15) is 44.1 Å². The summed E-state index contributed by atoms with van der Waals surface area (Å²) in [5.74, 6) is -1.91. The number of carboxylic acids is 1. The Hall–Kier alpha value is -2.37. The van der Waals surface area contributed by atoms with E-state index in [1.165, 1.54) is 6.42 Å². The molecular formula is C19H24N2O4. The van der Waals surface area contributed by atoms with Gasteiger partial charge in [0, 0.05) is 18.2 Å². The van der Waals surface area contributed by atoms with Crippen molar-refractivity contribution in [3.8, 4) is 0 Å². The lowest BCUT2D eigenvalue weighted by Gasteiger charge is -2.20. The minimum absolute atomic E-state index is 0.0724. The number of rotatable bonds is 6. The summed E-state index contributed by atoms with van der Waals surface area (Å²) in [4.78, 5) is 35.0. The van der Waals surface area contributed by atoms with E-state index in [1.54, 1.807) is 0 Å². The largest absolute Gasteiger partial charge is 0.481 e. The Kier molecular flexibility index (Phi) is 5.36. The van der Waals surface area contributed by atoms with Crippen LogP contribution in [0.3, 0.4) is 0 Å². The van der Waals surface area contributed by atoms with Gasteiger partial charge in [0.2, 0.25) is 11.8 Å². The lowest BCUT2D eigenvalue weighted by atomic mass is 9.88. The third-order valence-electron chi connectivity index (χ3n) is 5.08. The fraction of sp³-hybridized carbons (Fsp3) is 0.526. The summed E-state index contributed by atoms with van der Waals surface area (Å²) in [6.45, 7) is 0.328. The number of hydrogen-bond donors (Lipinski definition) is 3. The van der Waals surface area contributed by atoms with Crippen LogP contribution < -0.4 is 10.6 Å². The van der Waals surface area contributed by atoms with Crippen molar-refractivity contribution in [2.24, 2.45) is 17.8 Å². The number of anilines is 1. The second kappa shape index (κ2) is 7.68. The molecule has 2 atom stereocenters. The molecule has 0 aromatic heterocycles. The lowest BCUT2D eigenvalue weighted by Crippen LogP contribution is -2.26. The van der Waals surface area contributed by atoms with Gasteiger partial charge < -0.3 is 15.7 Å². The molecule has 2 amide bonds. The molecule has 2 aliphatic carbocycles. The Morgan fingerprint density at radius 2 is 1.80 bits per heavy atom. The van der Waals surface area contributed by atoms with E-state index in [1.807, 2.05) is 24.3 Å². The molecule has 3 rings (SSSR count). The Morgan fingerprint density at radius 1 is 1.04 bits per heavy atom. The number of nitrogens with one attached hydrogen (secondary N) is 2. The molecule has 1 aromatic rings. The summed E-state index contributed by atoms with van der Waals surface area (Å²) in [5, 5.41) is 14.6. The molecule has 6 nitrogen and oxygen atoms in total. The first-order valence-electron chi connectivity index (χ1n) is 8.95. The third kappa shape index (κ3) is 4.59. The highest BCUT2D eigenvalue weighted by Crippen LogP contribution is 2.38. The van der Waals surface area contributed by atoms with Crippen LogP contribution in [0.15, 0.2) is 24.3 Å². The fourth-order valence-corrected chi connectivity index (χ4v) is 3.45. The summed E-state index contributed by atoms with van der Waals surface area (Å²) < 4.78 is 0. The predicted molar refractivity (Wildman–Crippen MR) is 92.7 cm³/mol. The molecule has 134 valence electrons. The number of carbonyl (C=O) groups excluding carboxylic acids is 2. The molecule has 0 spiro atoms. The highest BCUT2D eigenvalue weighted by molar-refractivity contribution is 5.92. The summed E-state index contributed by atoms with van der Waals surface area (Å²) in [6.07, 6.45) is 5.76. The topological polar surface area (TPSA) is 95.5 Å². The third-order valence-corrected chi connectivity index (χ3v) is 5.08. The van der Waals surface area contributed by atoms with E-state index in [4.69, 9.17) is 5.11 Å². The second-order valence-corrected chi connectivity index (χ2v) is 7.03. The smallest absolute Gasteiger partial charge is 0.307 e. The van der Waals surface area contributed by atoms with Crippen molar-refractivity contribution in [2.75, 3.05) is 5.32 Å². The highest BCUT2D eigenvalue weighted by Gasteiger charge is 2.48. The standard InChI is InChI=1S/C19H24N2O4/c22-17(13-6-2-1-3-7-13)21-14-8-4-5-12(9-14)11-20-18(23)15-10-16(15)19(24)25/h4-5,8-9,13,15-16H,1-3,6-7,10-11H2,(H,20,23)(H,21,22)(H,24,25)/t15-,16-/m0/s1. The van der Waals surface area contributed by atoms with Crippen LogP contribution in [-0.4, -0.2) is 22.9 Å². The minimum atomic E-state index is -0.910. The summed E-state index contributed by atoms with van der Waals surface area (Å²) in [5.41, 5.74) is 1.61. The molecule has 25 heavy (non-hydrogen) atoms. The molecule has 0 bridgehead atoms. The minimum Gasteiger partial charge on any atom is -0.481 e. The molecule has 0 heterocycles. The SMILES string of the molecule is O=C(Nc1cccc(CNC(=O)[C@H]2C[C@@H]2C(=O)O)c1)C1CCCCC1. The van der Waals surface area contributed by atoms with E-state index < -0.39 is 17.8 Å². The molecule has 1 aromatic carbocycles. The van der Waals surface area contributed by atoms with Gasteiger partial charge in [0.15, 0.2) is 0 Å². The van der Waals surface area contributed by atoms with Gasteiger partial charge in [0.05, 0.1) is 11.8 Å². The summed E-state index contributed by atoms with van der Waals surface area (Å²) in [6, 6.07) is 7.41. The summed E-state index contributed by atoms with van der Waals surface area (Å²) in [7, 11) is 0. The molecule has 2 saturated carbocycles. The molecular weight excluding hydrogens is 320 g/mol. The van der Waals surface area contributed by atoms with Gasteiger partial charge in [-0.2, -0.15) is 0 Å². The van der Waals surface area contributed by atoms with Gasteiger partial charge in [-0.3, -0.25) is 14.4 Å². The van der Waals surface area contributed by atoms with Crippen LogP contribution in [0, 0.1) is 17.8 Å². The molecule has 0 radical (unpaired) electrons. The van der Waals surface area contributed by atoms with Gasteiger partial charge in [-0.25, -0.2) is 0 Å². The zero-order valence-corrected chi connectivity index (χ0v) is 14.2.